The van der Waals surface area contributed by atoms with Crippen LogP contribution >= 0.6 is 27.5 Å². The van der Waals surface area contributed by atoms with Gasteiger partial charge in [0.05, 0.1) is 5.69 Å². The van der Waals surface area contributed by atoms with E-state index in [1.807, 2.05) is 0 Å². The lowest BCUT2D eigenvalue weighted by atomic mass is 10.3. The molecule has 0 aliphatic carbocycles. The minimum absolute atomic E-state index is 0.192. The van der Waals surface area contributed by atoms with Crippen LogP contribution in [-0.2, 0) is 5.33 Å². The molecule has 1 heterocycles. The maximum absolute atomic E-state index is 12.9. The zero-order valence-electron chi connectivity index (χ0n) is 6.20. The van der Waals surface area contributed by atoms with Gasteiger partial charge < -0.3 is 0 Å². The summed E-state index contributed by atoms with van der Waals surface area (Å²) in [6.45, 7) is 0. The lowest BCUT2D eigenvalue weighted by Gasteiger charge is -2.04. The Labute approximate surface area is 86.0 Å². The molecule has 0 bridgehead atoms. The summed E-state index contributed by atoms with van der Waals surface area (Å²) in [5, 5.41) is -0.402. The molecular weight excluding hydrogens is 270 g/mol. The first kappa shape index (κ1) is 10.8. The highest BCUT2D eigenvalue weighted by Crippen LogP contribution is 2.28. The van der Waals surface area contributed by atoms with Gasteiger partial charge in [-0.3, -0.25) is 0 Å². The smallest absolute Gasteiger partial charge is 0.249 e. The van der Waals surface area contributed by atoms with Gasteiger partial charge in [-0.15, -0.1) is 0 Å². The molecule has 1 rings (SSSR count). The maximum atomic E-state index is 12.9. The zero-order chi connectivity index (χ0) is 10.0. The molecule has 1 aromatic rings. The average molecular weight is 274 g/mol. The van der Waals surface area contributed by atoms with Crippen molar-refractivity contribution >= 4 is 27.5 Å². The van der Waals surface area contributed by atoms with E-state index < -0.39 is 23.0 Å². The molecule has 1 nitrogen and oxygen atoms in total. The standard InChI is InChI=1S/C7H4BrClF3N/c8-2-3-1-4(10)5(9)6(13-3)7(11)12/h1,7H,2H2. The second-order valence-electron chi connectivity index (χ2n) is 2.23. The molecule has 0 aliphatic rings. The summed E-state index contributed by atoms with van der Waals surface area (Å²) in [4.78, 5) is 3.48. The molecular formula is C7H4BrClF3N. The van der Waals surface area contributed by atoms with E-state index in [2.05, 4.69) is 20.9 Å². The summed E-state index contributed by atoms with van der Waals surface area (Å²) in [6.07, 6.45) is -2.86. The van der Waals surface area contributed by atoms with Crippen molar-refractivity contribution in [2.45, 2.75) is 11.8 Å². The number of rotatable bonds is 2. The van der Waals surface area contributed by atoms with Crippen molar-refractivity contribution in [1.82, 2.24) is 4.98 Å². The molecule has 0 unspecified atom stereocenters. The van der Waals surface area contributed by atoms with Crippen molar-refractivity contribution < 1.29 is 13.2 Å². The summed E-state index contributed by atoms with van der Waals surface area (Å²) in [5.74, 6) is -0.874. The van der Waals surface area contributed by atoms with Crippen LogP contribution in [0, 0.1) is 5.82 Å². The Hall–Kier alpha value is -0.290. The van der Waals surface area contributed by atoms with Gasteiger partial charge in [0.25, 0.3) is 6.43 Å². The van der Waals surface area contributed by atoms with Gasteiger partial charge in [-0.25, -0.2) is 18.2 Å². The number of nitrogens with zero attached hydrogens (tertiary/aromatic N) is 1. The Morgan fingerprint density at radius 3 is 2.62 bits per heavy atom. The third-order valence-electron chi connectivity index (χ3n) is 1.34. The molecule has 0 atom stereocenters. The molecule has 0 radical (unpaired) electrons. The van der Waals surface area contributed by atoms with Crippen molar-refractivity contribution in [2.24, 2.45) is 0 Å². The first-order valence-electron chi connectivity index (χ1n) is 3.25. The summed E-state index contributed by atoms with van der Waals surface area (Å²) < 4.78 is 37.3. The normalized spacial score (nSPS) is 10.9. The fourth-order valence-corrected chi connectivity index (χ4v) is 1.25. The second kappa shape index (κ2) is 4.28. The molecule has 6 heteroatoms. The summed E-state index contributed by atoms with van der Waals surface area (Å²) >= 11 is 8.27. The third-order valence-corrected chi connectivity index (χ3v) is 2.28. The van der Waals surface area contributed by atoms with Crippen molar-refractivity contribution in [2.75, 3.05) is 0 Å². The van der Waals surface area contributed by atoms with E-state index in [0.29, 0.717) is 0 Å². The Bertz CT molecular complexity index is 319. The SMILES string of the molecule is Fc1cc(CBr)nc(C(F)F)c1Cl. The molecule has 0 saturated carbocycles. The summed E-state index contributed by atoms with van der Waals surface area (Å²) in [7, 11) is 0. The fourth-order valence-electron chi connectivity index (χ4n) is 0.781. The highest BCUT2D eigenvalue weighted by Gasteiger charge is 2.18. The third kappa shape index (κ3) is 2.34. The van der Waals surface area contributed by atoms with Crippen molar-refractivity contribution in [3.63, 3.8) is 0 Å². The number of halogens is 5. The van der Waals surface area contributed by atoms with Crippen LogP contribution in [0.5, 0.6) is 0 Å². The Kier molecular flexibility index (Phi) is 3.55. The summed E-state index contributed by atoms with van der Waals surface area (Å²) in [5.41, 5.74) is -0.520. The molecule has 0 aliphatic heterocycles. The Morgan fingerprint density at radius 2 is 2.15 bits per heavy atom. The van der Waals surface area contributed by atoms with E-state index in [1.165, 1.54) is 0 Å². The van der Waals surface area contributed by atoms with Gasteiger partial charge in [-0.05, 0) is 6.07 Å². The highest BCUT2D eigenvalue weighted by molar-refractivity contribution is 9.08. The minimum Gasteiger partial charge on any atom is -0.249 e. The monoisotopic (exact) mass is 273 g/mol. The zero-order valence-corrected chi connectivity index (χ0v) is 8.54. The highest BCUT2D eigenvalue weighted by atomic mass is 79.9. The van der Waals surface area contributed by atoms with Gasteiger partial charge >= 0.3 is 0 Å². The van der Waals surface area contributed by atoms with Crippen LogP contribution in [0.2, 0.25) is 5.02 Å². The Morgan fingerprint density at radius 1 is 1.54 bits per heavy atom. The molecule has 13 heavy (non-hydrogen) atoms. The number of alkyl halides is 3. The lowest BCUT2D eigenvalue weighted by molar-refractivity contribution is 0.145. The van der Waals surface area contributed by atoms with Crippen LogP contribution in [0.4, 0.5) is 13.2 Å². The first-order valence-corrected chi connectivity index (χ1v) is 4.75. The predicted octanol–water partition coefficient (Wildman–Crippen LogP) is 3.71. The van der Waals surface area contributed by atoms with Crippen LogP contribution in [0.25, 0.3) is 0 Å². The quantitative estimate of drug-likeness (QED) is 0.749. The second-order valence-corrected chi connectivity index (χ2v) is 3.17. The van der Waals surface area contributed by atoms with E-state index in [9.17, 15) is 13.2 Å². The van der Waals surface area contributed by atoms with Crippen LogP contribution in [0.15, 0.2) is 6.07 Å². The molecule has 0 N–H and O–H groups in total. The first-order chi connectivity index (χ1) is 6.06. The average Bonchev–Trinajstić information content (AvgIpc) is 2.09. The molecule has 0 amide bonds. The van der Waals surface area contributed by atoms with Crippen LogP contribution in [0.3, 0.4) is 0 Å². The van der Waals surface area contributed by atoms with Crippen molar-refractivity contribution in [1.29, 1.82) is 0 Å². The van der Waals surface area contributed by atoms with E-state index >= 15 is 0 Å². The molecule has 1 aromatic heterocycles. The lowest BCUT2D eigenvalue weighted by Crippen LogP contribution is -1.98. The van der Waals surface area contributed by atoms with E-state index in [0.717, 1.165) is 6.07 Å². The molecule has 0 saturated heterocycles. The number of aromatic nitrogens is 1. The van der Waals surface area contributed by atoms with Gasteiger partial charge in [0.2, 0.25) is 0 Å². The number of pyridine rings is 1. The van der Waals surface area contributed by atoms with Gasteiger partial charge in [0.1, 0.15) is 16.5 Å². The molecule has 72 valence electrons. The molecule has 0 fully saturated rings. The van der Waals surface area contributed by atoms with Crippen LogP contribution < -0.4 is 0 Å². The number of hydrogen-bond acceptors (Lipinski definition) is 1. The van der Waals surface area contributed by atoms with Gasteiger partial charge in [-0.1, -0.05) is 27.5 Å². The largest absolute Gasteiger partial charge is 0.281 e. The molecule has 0 spiro atoms. The Balaban J connectivity index is 3.25. The predicted molar refractivity (Wildman–Crippen MR) is 46.8 cm³/mol. The van der Waals surface area contributed by atoms with Crippen molar-refractivity contribution in [3.05, 3.63) is 28.3 Å². The molecule has 0 aromatic carbocycles. The van der Waals surface area contributed by atoms with E-state index in [4.69, 9.17) is 11.6 Å². The van der Waals surface area contributed by atoms with Crippen LogP contribution in [0.1, 0.15) is 17.8 Å². The van der Waals surface area contributed by atoms with Crippen molar-refractivity contribution in [3.8, 4) is 0 Å². The van der Waals surface area contributed by atoms with Gasteiger partial charge in [0, 0.05) is 5.33 Å². The van der Waals surface area contributed by atoms with E-state index in [1.54, 1.807) is 0 Å². The number of hydrogen-bond donors (Lipinski definition) is 0. The maximum Gasteiger partial charge on any atom is 0.281 e. The fraction of sp³-hybridized carbons (Fsp3) is 0.286. The summed E-state index contributed by atoms with van der Waals surface area (Å²) in [6, 6.07) is 1.02. The minimum atomic E-state index is -2.86. The van der Waals surface area contributed by atoms with E-state index in [-0.39, 0.29) is 11.0 Å². The topological polar surface area (TPSA) is 12.9 Å². The van der Waals surface area contributed by atoms with Gasteiger partial charge in [-0.2, -0.15) is 0 Å². The van der Waals surface area contributed by atoms with Gasteiger partial charge in [0.15, 0.2) is 0 Å². The van der Waals surface area contributed by atoms with Crippen LogP contribution in [-0.4, -0.2) is 4.98 Å².